The molecule has 3 aromatic rings. The topological polar surface area (TPSA) is 67.9 Å². The van der Waals surface area contributed by atoms with E-state index >= 15 is 0 Å². The van der Waals surface area contributed by atoms with Crippen LogP contribution in [0.15, 0.2) is 71.2 Å². The second kappa shape index (κ2) is 13.8. The van der Waals surface area contributed by atoms with Crippen molar-refractivity contribution in [2.24, 2.45) is 0 Å². The fraction of sp³-hybridized carbons (Fsp3) is 0.333. The predicted molar refractivity (Wildman–Crippen MR) is 150 cm³/mol. The van der Waals surface area contributed by atoms with Gasteiger partial charge in [0.05, 0.1) is 7.11 Å². The Morgan fingerprint density at radius 3 is 2.27 bits per heavy atom. The van der Waals surface area contributed by atoms with Crippen LogP contribution in [-0.2, 0) is 22.6 Å². The molecule has 0 heterocycles. The Bertz CT molecular complexity index is 1180. The molecule has 7 heteroatoms. The minimum atomic E-state index is -0.704. The van der Waals surface area contributed by atoms with Gasteiger partial charge in [-0.15, -0.1) is 0 Å². The number of carbonyl (C=O) groups is 2. The lowest BCUT2D eigenvalue weighted by molar-refractivity contribution is -0.142. The molecule has 0 bridgehead atoms. The van der Waals surface area contributed by atoms with Crippen molar-refractivity contribution in [2.45, 2.75) is 46.2 Å². The van der Waals surface area contributed by atoms with Crippen LogP contribution in [0, 0.1) is 13.8 Å². The predicted octanol–water partition coefficient (Wildman–Crippen LogP) is 5.62. The third kappa shape index (κ3) is 8.09. The molecule has 0 aromatic heterocycles. The molecular formula is C30H35BrN2O4. The van der Waals surface area contributed by atoms with Gasteiger partial charge < -0.3 is 19.7 Å². The van der Waals surface area contributed by atoms with Crippen LogP contribution in [0.5, 0.6) is 11.5 Å². The third-order valence-corrected chi connectivity index (χ3v) is 7.33. The van der Waals surface area contributed by atoms with E-state index in [9.17, 15) is 9.59 Å². The normalized spacial score (nSPS) is 11.5. The fourth-order valence-corrected chi connectivity index (χ4v) is 4.33. The molecule has 2 amide bonds. The van der Waals surface area contributed by atoms with Gasteiger partial charge in [0.15, 0.2) is 6.61 Å². The molecule has 0 fully saturated rings. The summed E-state index contributed by atoms with van der Waals surface area (Å²) in [6.45, 7) is 6.57. The molecular weight excluding hydrogens is 532 g/mol. The van der Waals surface area contributed by atoms with Crippen molar-refractivity contribution in [2.75, 3.05) is 20.3 Å². The molecule has 37 heavy (non-hydrogen) atoms. The van der Waals surface area contributed by atoms with Gasteiger partial charge in [0.2, 0.25) is 5.91 Å². The Morgan fingerprint density at radius 2 is 1.62 bits per heavy atom. The highest BCUT2D eigenvalue weighted by Gasteiger charge is 2.30. The van der Waals surface area contributed by atoms with Crippen LogP contribution >= 0.6 is 15.9 Å². The van der Waals surface area contributed by atoms with Crippen molar-refractivity contribution < 1.29 is 19.1 Å². The van der Waals surface area contributed by atoms with Crippen molar-refractivity contribution >= 4 is 27.7 Å². The first-order valence-corrected chi connectivity index (χ1v) is 13.2. The first-order valence-electron chi connectivity index (χ1n) is 12.5. The molecule has 0 aliphatic heterocycles. The van der Waals surface area contributed by atoms with Crippen LogP contribution in [-0.4, -0.2) is 43.0 Å². The van der Waals surface area contributed by atoms with E-state index in [0.717, 1.165) is 33.1 Å². The highest BCUT2D eigenvalue weighted by molar-refractivity contribution is 9.10. The van der Waals surface area contributed by atoms with Gasteiger partial charge in [-0.2, -0.15) is 0 Å². The van der Waals surface area contributed by atoms with Gasteiger partial charge >= 0.3 is 0 Å². The van der Waals surface area contributed by atoms with Crippen LogP contribution in [0.25, 0.3) is 0 Å². The number of hydrogen-bond donors (Lipinski definition) is 1. The number of rotatable bonds is 12. The number of amides is 2. The van der Waals surface area contributed by atoms with E-state index in [1.165, 1.54) is 0 Å². The fourth-order valence-electron chi connectivity index (χ4n) is 4.10. The van der Waals surface area contributed by atoms with Gasteiger partial charge in [-0.1, -0.05) is 65.3 Å². The zero-order valence-corrected chi connectivity index (χ0v) is 23.5. The first kappa shape index (κ1) is 28.3. The highest BCUT2D eigenvalue weighted by Crippen LogP contribution is 2.26. The average Bonchev–Trinajstić information content (AvgIpc) is 2.91. The van der Waals surface area contributed by atoms with Crippen molar-refractivity contribution in [3.05, 3.63) is 93.5 Å². The number of methoxy groups -OCH3 is 1. The van der Waals surface area contributed by atoms with Gasteiger partial charge in [-0.3, -0.25) is 9.59 Å². The van der Waals surface area contributed by atoms with E-state index in [1.807, 2.05) is 87.5 Å². The molecule has 3 rings (SSSR count). The SMILES string of the molecule is CCCNC(=O)[C@@H](Cc1ccccc1)N(Cc1cccc(OC)c1)C(=O)COc1cc(C)c(Br)c(C)c1. The maximum Gasteiger partial charge on any atom is 0.261 e. The highest BCUT2D eigenvalue weighted by atomic mass is 79.9. The largest absolute Gasteiger partial charge is 0.497 e. The number of ether oxygens (including phenoxy) is 2. The van der Waals surface area contributed by atoms with Crippen LogP contribution in [0.3, 0.4) is 0 Å². The van der Waals surface area contributed by atoms with E-state index in [-0.39, 0.29) is 25.0 Å². The number of carbonyl (C=O) groups excluding carboxylic acids is 2. The zero-order chi connectivity index (χ0) is 26.8. The number of aryl methyl sites for hydroxylation is 2. The summed E-state index contributed by atoms with van der Waals surface area (Å²) in [5, 5.41) is 2.99. The van der Waals surface area contributed by atoms with Crippen LogP contribution in [0.4, 0.5) is 0 Å². The molecule has 1 atom stereocenters. The number of nitrogens with one attached hydrogen (secondary N) is 1. The summed E-state index contributed by atoms with van der Waals surface area (Å²) >= 11 is 3.57. The molecule has 6 nitrogen and oxygen atoms in total. The second-order valence-electron chi connectivity index (χ2n) is 9.03. The number of benzene rings is 3. The third-order valence-electron chi connectivity index (χ3n) is 6.08. The van der Waals surface area contributed by atoms with E-state index < -0.39 is 6.04 Å². The molecule has 196 valence electrons. The second-order valence-corrected chi connectivity index (χ2v) is 9.82. The van der Waals surface area contributed by atoms with Crippen molar-refractivity contribution in [3.8, 4) is 11.5 Å². The molecule has 1 N–H and O–H groups in total. The van der Waals surface area contributed by atoms with E-state index in [4.69, 9.17) is 9.47 Å². The molecule has 0 unspecified atom stereocenters. The lowest BCUT2D eigenvalue weighted by Gasteiger charge is -2.31. The average molecular weight is 568 g/mol. The van der Waals surface area contributed by atoms with Crippen LogP contribution < -0.4 is 14.8 Å². The first-order chi connectivity index (χ1) is 17.8. The number of nitrogens with zero attached hydrogens (tertiary/aromatic N) is 1. The molecule has 0 radical (unpaired) electrons. The lowest BCUT2D eigenvalue weighted by Crippen LogP contribution is -2.51. The van der Waals surface area contributed by atoms with Crippen LogP contribution in [0.2, 0.25) is 0 Å². The van der Waals surface area contributed by atoms with Crippen molar-refractivity contribution in [1.29, 1.82) is 0 Å². The monoisotopic (exact) mass is 566 g/mol. The summed E-state index contributed by atoms with van der Waals surface area (Å²) in [6, 6.07) is 20.4. The van der Waals surface area contributed by atoms with E-state index in [1.54, 1.807) is 12.0 Å². The van der Waals surface area contributed by atoms with Crippen molar-refractivity contribution in [1.82, 2.24) is 10.2 Å². The van der Waals surface area contributed by atoms with Gasteiger partial charge in [-0.25, -0.2) is 0 Å². The van der Waals surface area contributed by atoms with E-state index in [0.29, 0.717) is 24.5 Å². The number of hydrogen-bond acceptors (Lipinski definition) is 4. The van der Waals surface area contributed by atoms with Gasteiger partial charge in [0.1, 0.15) is 17.5 Å². The molecule has 0 aliphatic rings. The standard InChI is InChI=1S/C30H35BrN2O4/c1-5-14-32-30(35)27(18-23-10-7-6-8-11-23)33(19-24-12-9-13-25(17-24)36-4)28(34)20-37-26-15-21(2)29(31)22(3)16-26/h6-13,15-17,27H,5,14,18-20H2,1-4H3,(H,32,35)/t27-/m1/s1. The summed E-state index contributed by atoms with van der Waals surface area (Å²) in [7, 11) is 1.61. The smallest absolute Gasteiger partial charge is 0.261 e. The minimum Gasteiger partial charge on any atom is -0.497 e. The van der Waals surface area contributed by atoms with Gasteiger partial charge in [0, 0.05) is 24.0 Å². The Balaban J connectivity index is 1.92. The maximum atomic E-state index is 13.7. The van der Waals surface area contributed by atoms with Crippen molar-refractivity contribution in [3.63, 3.8) is 0 Å². The Labute approximate surface area is 228 Å². The summed E-state index contributed by atoms with van der Waals surface area (Å²) in [6.07, 6.45) is 1.20. The quantitative estimate of drug-likeness (QED) is 0.309. The summed E-state index contributed by atoms with van der Waals surface area (Å²) in [5.74, 6) is 0.853. The summed E-state index contributed by atoms with van der Waals surface area (Å²) in [5.41, 5.74) is 3.89. The number of halogens is 1. The Hall–Kier alpha value is -3.32. The summed E-state index contributed by atoms with van der Waals surface area (Å²) in [4.78, 5) is 28.7. The van der Waals surface area contributed by atoms with Gasteiger partial charge in [-0.05, 0) is 66.8 Å². The summed E-state index contributed by atoms with van der Waals surface area (Å²) < 4.78 is 12.3. The van der Waals surface area contributed by atoms with E-state index in [2.05, 4.69) is 21.2 Å². The molecule has 0 spiro atoms. The lowest BCUT2D eigenvalue weighted by atomic mass is 10.0. The zero-order valence-electron chi connectivity index (χ0n) is 21.9. The minimum absolute atomic E-state index is 0.183. The molecule has 0 saturated carbocycles. The molecule has 3 aromatic carbocycles. The molecule has 0 saturated heterocycles. The Morgan fingerprint density at radius 1 is 0.946 bits per heavy atom. The van der Waals surface area contributed by atoms with Gasteiger partial charge in [0.25, 0.3) is 5.91 Å². The molecule has 0 aliphatic carbocycles. The van der Waals surface area contributed by atoms with Crippen LogP contribution in [0.1, 0.15) is 35.6 Å². The maximum absolute atomic E-state index is 13.7. The Kier molecular flexibility index (Phi) is 10.6.